The number of fused-ring (bicyclic) bond motifs is 3. The summed E-state index contributed by atoms with van der Waals surface area (Å²) in [5.41, 5.74) is 2.33. The number of methoxy groups -OCH3 is 1. The lowest BCUT2D eigenvalue weighted by molar-refractivity contribution is -0.922. The maximum Gasteiger partial charge on any atom is 0.213 e. The maximum atomic E-state index is 5.48. The Hall–Kier alpha value is -2.29. The number of hydrogen-bond acceptors (Lipinski definition) is 7. The molecule has 0 spiro atoms. The van der Waals surface area contributed by atoms with Crippen LogP contribution in [0.3, 0.4) is 0 Å². The summed E-state index contributed by atoms with van der Waals surface area (Å²) in [6, 6.07) is 3.83. The van der Waals surface area contributed by atoms with Crippen LogP contribution in [0, 0.1) is 0 Å². The summed E-state index contributed by atoms with van der Waals surface area (Å²) < 4.78 is 10.6. The van der Waals surface area contributed by atoms with Gasteiger partial charge in [0, 0.05) is 10.9 Å². The van der Waals surface area contributed by atoms with Crippen molar-refractivity contribution in [3.8, 4) is 5.88 Å². The van der Waals surface area contributed by atoms with E-state index >= 15 is 0 Å². The molecule has 3 aromatic heterocycles. The minimum absolute atomic E-state index is 0.603. The lowest BCUT2D eigenvalue weighted by atomic mass is 10.2. The van der Waals surface area contributed by atoms with Crippen LogP contribution in [0.1, 0.15) is 22.7 Å². The van der Waals surface area contributed by atoms with E-state index < -0.39 is 0 Å². The van der Waals surface area contributed by atoms with Gasteiger partial charge in [0.1, 0.15) is 30.3 Å². The number of aromatic nitrogens is 3. The van der Waals surface area contributed by atoms with Gasteiger partial charge >= 0.3 is 0 Å². The van der Waals surface area contributed by atoms with E-state index in [1.54, 1.807) is 13.3 Å². The standard InChI is InChI=1S/C20H23N5O2S/c1-26-17-6-5-13(11-21-17)22-19-18-14-3-2-4-15(14)28-20(18)24-16(23-19)12-25-7-9-27-10-8-25/h5-6,11H,2-4,7-10,12H2,1H3,(H,22,23,24)/p+1. The van der Waals surface area contributed by atoms with Gasteiger partial charge < -0.3 is 19.7 Å². The zero-order valence-corrected chi connectivity index (χ0v) is 16.8. The molecule has 0 unspecified atom stereocenters. The zero-order valence-electron chi connectivity index (χ0n) is 16.0. The van der Waals surface area contributed by atoms with Crippen LogP contribution >= 0.6 is 11.3 Å². The van der Waals surface area contributed by atoms with Gasteiger partial charge in [-0.15, -0.1) is 11.3 Å². The fraction of sp³-hybridized carbons (Fsp3) is 0.450. The maximum absolute atomic E-state index is 5.48. The highest BCUT2D eigenvalue weighted by molar-refractivity contribution is 7.19. The molecule has 1 saturated heterocycles. The number of pyridine rings is 1. The molecule has 28 heavy (non-hydrogen) atoms. The molecule has 146 valence electrons. The highest BCUT2D eigenvalue weighted by atomic mass is 32.1. The van der Waals surface area contributed by atoms with Gasteiger partial charge in [0.25, 0.3) is 0 Å². The summed E-state index contributed by atoms with van der Waals surface area (Å²) in [5, 5.41) is 4.68. The summed E-state index contributed by atoms with van der Waals surface area (Å²) in [4.78, 5) is 18.2. The van der Waals surface area contributed by atoms with Crippen molar-refractivity contribution in [2.45, 2.75) is 25.8 Å². The molecule has 2 aliphatic rings. The van der Waals surface area contributed by atoms with Crippen LogP contribution in [0.5, 0.6) is 5.88 Å². The Morgan fingerprint density at radius 3 is 2.89 bits per heavy atom. The Morgan fingerprint density at radius 2 is 2.11 bits per heavy atom. The van der Waals surface area contributed by atoms with Crippen molar-refractivity contribution in [3.63, 3.8) is 0 Å². The van der Waals surface area contributed by atoms with Gasteiger partial charge in [-0.1, -0.05) is 0 Å². The van der Waals surface area contributed by atoms with E-state index in [1.165, 1.54) is 27.1 Å². The van der Waals surface area contributed by atoms with Crippen molar-refractivity contribution < 1.29 is 14.4 Å². The van der Waals surface area contributed by atoms with E-state index in [1.807, 2.05) is 23.5 Å². The quantitative estimate of drug-likeness (QED) is 0.682. The Balaban J connectivity index is 1.51. The molecule has 0 saturated carbocycles. The van der Waals surface area contributed by atoms with E-state index in [0.717, 1.165) is 67.8 Å². The number of hydrogen-bond donors (Lipinski definition) is 2. The number of aryl methyl sites for hydroxylation is 2. The highest BCUT2D eigenvalue weighted by Crippen LogP contribution is 2.40. The first-order valence-electron chi connectivity index (χ1n) is 9.79. The smallest absolute Gasteiger partial charge is 0.213 e. The van der Waals surface area contributed by atoms with E-state index in [4.69, 9.17) is 19.4 Å². The van der Waals surface area contributed by atoms with Crippen molar-refractivity contribution in [1.29, 1.82) is 0 Å². The highest BCUT2D eigenvalue weighted by Gasteiger charge is 2.24. The normalized spacial score (nSPS) is 17.0. The Bertz CT molecular complexity index is 982. The molecular formula is C20H24N5O2S+. The first kappa shape index (κ1) is 17.8. The molecule has 8 heteroatoms. The molecule has 1 aliphatic carbocycles. The van der Waals surface area contributed by atoms with Crippen molar-refractivity contribution in [1.82, 2.24) is 15.0 Å². The molecule has 0 atom stereocenters. The molecule has 0 aromatic carbocycles. The summed E-state index contributed by atoms with van der Waals surface area (Å²) in [7, 11) is 1.62. The lowest BCUT2D eigenvalue weighted by Crippen LogP contribution is -3.12. The van der Waals surface area contributed by atoms with Gasteiger partial charge in [0.15, 0.2) is 5.82 Å². The second-order valence-electron chi connectivity index (χ2n) is 7.28. The number of quaternary nitrogens is 1. The first-order chi connectivity index (χ1) is 13.8. The molecule has 3 aromatic rings. The van der Waals surface area contributed by atoms with Crippen LogP contribution in [0.2, 0.25) is 0 Å². The summed E-state index contributed by atoms with van der Waals surface area (Å²) in [5.74, 6) is 2.40. The molecule has 1 fully saturated rings. The fourth-order valence-corrected chi connectivity index (χ4v) is 5.26. The number of morpholine rings is 1. The third kappa shape index (κ3) is 3.43. The van der Waals surface area contributed by atoms with Gasteiger partial charge in [-0.2, -0.15) is 0 Å². The van der Waals surface area contributed by atoms with Gasteiger partial charge in [0.2, 0.25) is 5.88 Å². The summed E-state index contributed by atoms with van der Waals surface area (Å²) in [6.45, 7) is 4.47. The molecule has 1 aliphatic heterocycles. The summed E-state index contributed by atoms with van der Waals surface area (Å²) >= 11 is 1.83. The predicted molar refractivity (Wildman–Crippen MR) is 109 cm³/mol. The predicted octanol–water partition coefficient (Wildman–Crippen LogP) is 1.74. The van der Waals surface area contributed by atoms with E-state index in [-0.39, 0.29) is 0 Å². The molecule has 5 rings (SSSR count). The number of nitrogens with one attached hydrogen (secondary N) is 2. The van der Waals surface area contributed by atoms with Crippen LogP contribution in [0.15, 0.2) is 18.3 Å². The van der Waals surface area contributed by atoms with E-state index in [0.29, 0.717) is 5.88 Å². The van der Waals surface area contributed by atoms with Gasteiger partial charge in [0.05, 0.1) is 37.6 Å². The van der Waals surface area contributed by atoms with Crippen molar-refractivity contribution in [3.05, 3.63) is 34.6 Å². The molecule has 7 nitrogen and oxygen atoms in total. The fourth-order valence-electron chi connectivity index (χ4n) is 3.98. The molecule has 0 amide bonds. The number of ether oxygens (including phenoxy) is 2. The Morgan fingerprint density at radius 1 is 1.21 bits per heavy atom. The second-order valence-corrected chi connectivity index (χ2v) is 8.36. The van der Waals surface area contributed by atoms with Gasteiger partial charge in [-0.25, -0.2) is 15.0 Å². The van der Waals surface area contributed by atoms with Gasteiger partial charge in [-0.05, 0) is 30.9 Å². The monoisotopic (exact) mass is 398 g/mol. The Kier molecular flexibility index (Phi) is 4.84. The van der Waals surface area contributed by atoms with E-state index in [2.05, 4.69) is 10.3 Å². The molecule has 0 radical (unpaired) electrons. The average Bonchev–Trinajstić information content (AvgIpc) is 3.30. The van der Waals surface area contributed by atoms with Crippen molar-refractivity contribution in [2.75, 3.05) is 38.7 Å². The minimum atomic E-state index is 0.603. The largest absolute Gasteiger partial charge is 0.481 e. The van der Waals surface area contributed by atoms with E-state index in [9.17, 15) is 0 Å². The molecule has 0 bridgehead atoms. The second kappa shape index (κ2) is 7.62. The van der Waals surface area contributed by atoms with Crippen molar-refractivity contribution in [2.24, 2.45) is 0 Å². The molecular weight excluding hydrogens is 374 g/mol. The number of rotatable bonds is 5. The molecule has 2 N–H and O–H groups in total. The lowest BCUT2D eigenvalue weighted by Gasteiger charge is -2.23. The minimum Gasteiger partial charge on any atom is -0.481 e. The van der Waals surface area contributed by atoms with Crippen LogP contribution in [0.4, 0.5) is 11.5 Å². The molecule has 4 heterocycles. The summed E-state index contributed by atoms with van der Waals surface area (Å²) in [6.07, 6.45) is 5.28. The van der Waals surface area contributed by atoms with Crippen LogP contribution < -0.4 is 15.0 Å². The van der Waals surface area contributed by atoms with Crippen molar-refractivity contribution >= 4 is 33.1 Å². The number of anilines is 2. The zero-order chi connectivity index (χ0) is 18.9. The van der Waals surface area contributed by atoms with Crippen LogP contribution in [-0.4, -0.2) is 48.4 Å². The topological polar surface area (TPSA) is 73.6 Å². The average molecular weight is 399 g/mol. The van der Waals surface area contributed by atoms with Crippen LogP contribution in [0.25, 0.3) is 10.2 Å². The third-order valence-electron chi connectivity index (χ3n) is 5.43. The first-order valence-corrected chi connectivity index (χ1v) is 10.6. The Labute approximate surface area is 167 Å². The third-order valence-corrected chi connectivity index (χ3v) is 6.61. The van der Waals surface area contributed by atoms with Gasteiger partial charge in [-0.3, -0.25) is 0 Å². The number of nitrogens with zero attached hydrogens (tertiary/aromatic N) is 3. The number of thiophene rings is 1. The van der Waals surface area contributed by atoms with Crippen LogP contribution in [-0.2, 0) is 24.1 Å². The SMILES string of the molecule is COc1ccc(Nc2nc(C[NH+]3CCOCC3)nc3sc4c(c23)CCC4)cn1.